The van der Waals surface area contributed by atoms with Crippen molar-refractivity contribution in [2.24, 2.45) is 5.92 Å². The second kappa shape index (κ2) is 8.84. The van der Waals surface area contributed by atoms with E-state index in [4.69, 9.17) is 16.3 Å². The number of nitrogens with zero attached hydrogens (tertiary/aromatic N) is 2. The molecule has 0 saturated carbocycles. The third-order valence-corrected chi connectivity index (χ3v) is 5.01. The van der Waals surface area contributed by atoms with Crippen molar-refractivity contribution < 1.29 is 19.2 Å². The van der Waals surface area contributed by atoms with Crippen LogP contribution >= 0.6 is 11.6 Å². The third kappa shape index (κ3) is 4.67. The zero-order valence-electron chi connectivity index (χ0n) is 15.0. The van der Waals surface area contributed by atoms with E-state index in [0.717, 1.165) is 0 Å². The van der Waals surface area contributed by atoms with Gasteiger partial charge in [-0.15, -0.1) is 0 Å². The molecule has 0 N–H and O–H groups in total. The van der Waals surface area contributed by atoms with Crippen LogP contribution in [0.4, 0.5) is 11.4 Å². The van der Waals surface area contributed by atoms with Gasteiger partial charge in [0.1, 0.15) is 5.69 Å². The van der Waals surface area contributed by atoms with Gasteiger partial charge >= 0.3 is 5.97 Å². The Morgan fingerprint density at radius 3 is 2.39 bits per heavy atom. The summed E-state index contributed by atoms with van der Waals surface area (Å²) in [6.07, 6.45) is 1.03. The largest absolute Gasteiger partial charge is 0.457 e. The van der Waals surface area contributed by atoms with Gasteiger partial charge in [-0.05, 0) is 43.2 Å². The topological polar surface area (TPSA) is 89.8 Å². The minimum absolute atomic E-state index is 0.0529. The van der Waals surface area contributed by atoms with Crippen molar-refractivity contribution in [3.8, 4) is 0 Å². The fourth-order valence-corrected chi connectivity index (χ4v) is 3.34. The molecule has 0 atom stereocenters. The highest BCUT2D eigenvalue weighted by atomic mass is 35.5. The number of carbonyl (C=O) groups is 2. The lowest BCUT2D eigenvalue weighted by atomic mass is 9.96. The van der Waals surface area contributed by atoms with Crippen LogP contribution in [0.5, 0.6) is 0 Å². The number of nitro benzene ring substituents is 1. The van der Waals surface area contributed by atoms with E-state index in [1.807, 2.05) is 4.90 Å². The van der Waals surface area contributed by atoms with Crippen LogP contribution < -0.4 is 4.90 Å². The summed E-state index contributed by atoms with van der Waals surface area (Å²) in [5.74, 6) is -1.02. The average Bonchev–Trinajstić information content (AvgIpc) is 2.72. The molecule has 1 fully saturated rings. The summed E-state index contributed by atoms with van der Waals surface area (Å²) >= 11 is 5.79. The Kier molecular flexibility index (Phi) is 6.26. The Morgan fingerprint density at radius 2 is 1.75 bits per heavy atom. The molecule has 146 valence electrons. The Morgan fingerprint density at radius 1 is 1.11 bits per heavy atom. The first-order valence-electron chi connectivity index (χ1n) is 8.89. The van der Waals surface area contributed by atoms with Gasteiger partial charge in [0, 0.05) is 29.7 Å². The van der Waals surface area contributed by atoms with Crippen molar-refractivity contribution >= 4 is 34.7 Å². The van der Waals surface area contributed by atoms with Crippen molar-refractivity contribution in [3.63, 3.8) is 0 Å². The highest BCUT2D eigenvalue weighted by molar-refractivity contribution is 6.30. The maximum Gasteiger partial charge on any atom is 0.309 e. The molecule has 1 aliphatic heterocycles. The second-order valence-corrected chi connectivity index (χ2v) is 6.98. The van der Waals surface area contributed by atoms with Gasteiger partial charge in [-0.1, -0.05) is 23.7 Å². The predicted octanol–water partition coefficient (Wildman–Crippen LogP) is 3.89. The van der Waals surface area contributed by atoms with Gasteiger partial charge in [0.05, 0.1) is 10.8 Å². The van der Waals surface area contributed by atoms with Gasteiger partial charge in [-0.2, -0.15) is 0 Å². The molecular formula is C20H19ClN2O5. The summed E-state index contributed by atoms with van der Waals surface area (Å²) < 4.78 is 5.18. The quantitative estimate of drug-likeness (QED) is 0.315. The summed E-state index contributed by atoms with van der Waals surface area (Å²) in [7, 11) is 0. The van der Waals surface area contributed by atoms with Crippen LogP contribution in [0, 0.1) is 16.0 Å². The number of para-hydroxylation sites is 2. The molecule has 0 bridgehead atoms. The van der Waals surface area contributed by atoms with E-state index in [2.05, 4.69) is 0 Å². The van der Waals surface area contributed by atoms with Crippen LogP contribution in [-0.2, 0) is 9.53 Å². The molecule has 2 aromatic rings. The number of ether oxygens (including phenoxy) is 1. The van der Waals surface area contributed by atoms with E-state index >= 15 is 0 Å². The fraction of sp³-hybridized carbons (Fsp3) is 0.300. The first-order valence-corrected chi connectivity index (χ1v) is 9.27. The number of carbonyl (C=O) groups excluding carboxylic acids is 2. The standard InChI is InChI=1S/C20H19ClN2O5/c21-16-7-5-14(6-8-16)19(24)13-28-20(25)15-9-11-22(12-10-15)17-3-1-2-4-18(17)23(26)27/h1-8,15H,9-13H2. The normalized spacial score (nSPS) is 14.5. The molecule has 0 spiro atoms. The monoisotopic (exact) mass is 402 g/mol. The molecule has 7 nitrogen and oxygen atoms in total. The number of rotatable bonds is 6. The third-order valence-electron chi connectivity index (χ3n) is 4.76. The molecule has 2 aromatic carbocycles. The maximum absolute atomic E-state index is 12.3. The highest BCUT2D eigenvalue weighted by Gasteiger charge is 2.29. The minimum atomic E-state index is -0.412. The van der Waals surface area contributed by atoms with Crippen molar-refractivity contribution in [1.82, 2.24) is 0 Å². The summed E-state index contributed by atoms with van der Waals surface area (Å²) in [6.45, 7) is 0.705. The van der Waals surface area contributed by atoms with Crippen LogP contribution in [-0.4, -0.2) is 36.4 Å². The summed E-state index contributed by atoms with van der Waals surface area (Å²) in [6, 6.07) is 13.0. The van der Waals surface area contributed by atoms with E-state index in [0.29, 0.717) is 42.2 Å². The molecule has 0 amide bonds. The number of nitro groups is 1. The number of hydrogen-bond donors (Lipinski definition) is 0. The number of Topliss-reactive ketones (excluding diaryl/α,β-unsaturated/α-hetero) is 1. The predicted molar refractivity (Wildman–Crippen MR) is 105 cm³/mol. The highest BCUT2D eigenvalue weighted by Crippen LogP contribution is 2.31. The van der Waals surface area contributed by atoms with Gasteiger partial charge in [0.25, 0.3) is 5.69 Å². The Hall–Kier alpha value is -2.93. The van der Waals surface area contributed by atoms with Crippen molar-refractivity contribution in [1.29, 1.82) is 0 Å². The molecule has 1 heterocycles. The lowest BCUT2D eigenvalue weighted by molar-refractivity contribution is -0.384. The number of halogens is 1. The molecular weight excluding hydrogens is 384 g/mol. The van der Waals surface area contributed by atoms with E-state index in [1.165, 1.54) is 6.07 Å². The first-order chi connectivity index (χ1) is 13.5. The Balaban J connectivity index is 1.52. The fourth-order valence-electron chi connectivity index (χ4n) is 3.22. The number of hydrogen-bond acceptors (Lipinski definition) is 6. The van der Waals surface area contributed by atoms with E-state index in [9.17, 15) is 19.7 Å². The molecule has 0 aromatic heterocycles. The zero-order valence-corrected chi connectivity index (χ0v) is 15.8. The summed E-state index contributed by atoms with van der Waals surface area (Å²) in [4.78, 5) is 37.1. The number of anilines is 1. The van der Waals surface area contributed by atoms with E-state index in [-0.39, 0.29) is 24.0 Å². The van der Waals surface area contributed by atoms with Crippen molar-refractivity contribution in [3.05, 3.63) is 69.2 Å². The number of benzene rings is 2. The second-order valence-electron chi connectivity index (χ2n) is 6.54. The number of piperidine rings is 1. The molecule has 1 saturated heterocycles. The molecule has 0 aliphatic carbocycles. The smallest absolute Gasteiger partial charge is 0.309 e. The molecule has 0 unspecified atom stereocenters. The number of ketones is 1. The van der Waals surface area contributed by atoms with Crippen LogP contribution in [0.2, 0.25) is 5.02 Å². The number of esters is 1. The molecule has 3 rings (SSSR count). The van der Waals surface area contributed by atoms with Crippen LogP contribution in [0.1, 0.15) is 23.2 Å². The molecule has 28 heavy (non-hydrogen) atoms. The first kappa shape index (κ1) is 19.8. The van der Waals surface area contributed by atoms with Crippen LogP contribution in [0.3, 0.4) is 0 Å². The Labute approximate surface area is 167 Å². The molecule has 8 heteroatoms. The maximum atomic E-state index is 12.3. The lowest BCUT2D eigenvalue weighted by Crippen LogP contribution is -2.37. The van der Waals surface area contributed by atoms with Gasteiger partial charge < -0.3 is 9.64 Å². The van der Waals surface area contributed by atoms with Crippen molar-refractivity contribution in [2.75, 3.05) is 24.6 Å². The Bertz CT molecular complexity index is 876. The van der Waals surface area contributed by atoms with Gasteiger partial charge in [-0.3, -0.25) is 19.7 Å². The lowest BCUT2D eigenvalue weighted by Gasteiger charge is -2.32. The summed E-state index contributed by atoms with van der Waals surface area (Å²) in [5.41, 5.74) is 1.04. The van der Waals surface area contributed by atoms with Crippen LogP contribution in [0.15, 0.2) is 48.5 Å². The van der Waals surface area contributed by atoms with Gasteiger partial charge in [0.2, 0.25) is 0 Å². The molecule has 0 radical (unpaired) electrons. The molecule has 1 aliphatic rings. The van der Waals surface area contributed by atoms with Gasteiger partial charge in [-0.25, -0.2) is 0 Å². The van der Waals surface area contributed by atoms with Gasteiger partial charge in [0.15, 0.2) is 12.4 Å². The van der Waals surface area contributed by atoms with Crippen molar-refractivity contribution in [2.45, 2.75) is 12.8 Å². The SMILES string of the molecule is O=C(COC(=O)C1CCN(c2ccccc2[N+](=O)[O-])CC1)c1ccc(Cl)cc1. The summed E-state index contributed by atoms with van der Waals surface area (Å²) in [5, 5.41) is 11.7. The van der Waals surface area contributed by atoms with E-state index in [1.54, 1.807) is 42.5 Å². The van der Waals surface area contributed by atoms with E-state index < -0.39 is 10.9 Å². The average molecular weight is 403 g/mol. The minimum Gasteiger partial charge on any atom is -0.457 e. The zero-order chi connectivity index (χ0) is 20.1. The van der Waals surface area contributed by atoms with Crippen LogP contribution in [0.25, 0.3) is 0 Å².